The number of hydrogen-bond donors (Lipinski definition) is 2. The van der Waals surface area contributed by atoms with Crippen LogP contribution in [0, 0.1) is 0 Å². The summed E-state index contributed by atoms with van der Waals surface area (Å²) >= 11 is 6.00. The van der Waals surface area contributed by atoms with Gasteiger partial charge in [-0.3, -0.25) is 10.1 Å². The van der Waals surface area contributed by atoms with E-state index >= 15 is 0 Å². The third-order valence-corrected chi connectivity index (χ3v) is 4.35. The van der Waals surface area contributed by atoms with E-state index in [0.29, 0.717) is 10.9 Å². The van der Waals surface area contributed by atoms with Gasteiger partial charge in [-0.2, -0.15) is 13.2 Å². The Bertz CT molecular complexity index is 831. The monoisotopic (exact) mass is 415 g/mol. The fraction of sp³-hybridized carbons (Fsp3) is 0.263. The van der Waals surface area contributed by atoms with Crippen molar-refractivity contribution >= 4 is 23.5 Å². The van der Waals surface area contributed by atoms with Crippen molar-refractivity contribution in [1.82, 2.24) is 5.32 Å². The van der Waals surface area contributed by atoms with Crippen LogP contribution in [0.5, 0.6) is 0 Å². The number of esters is 1. The Hall–Kier alpha value is -2.58. The molecule has 0 spiro atoms. The van der Waals surface area contributed by atoms with Gasteiger partial charge in [-0.1, -0.05) is 48.0 Å². The number of carbonyl (C=O) groups is 2. The van der Waals surface area contributed by atoms with E-state index in [0.717, 1.165) is 0 Å². The molecule has 0 unspecified atom stereocenters. The zero-order valence-electron chi connectivity index (χ0n) is 14.9. The molecule has 0 aromatic heterocycles. The third-order valence-electron chi connectivity index (χ3n) is 3.98. The summed E-state index contributed by atoms with van der Waals surface area (Å²) in [6.07, 6.45) is -5.13. The number of amides is 1. The average Bonchev–Trinajstić information content (AvgIpc) is 2.66. The zero-order valence-corrected chi connectivity index (χ0v) is 15.7. The van der Waals surface area contributed by atoms with Crippen LogP contribution >= 0.6 is 11.6 Å². The predicted molar refractivity (Wildman–Crippen MR) is 96.4 cm³/mol. The molecule has 3 N–H and O–H groups in total. The second-order valence-electron chi connectivity index (χ2n) is 5.85. The standard InChI is InChI=1S/C19H18ClF3N2O3/c1-2-28-17(27)18(19(21,22)23,24-12-14-10-6-7-11-15(14)20)25-16(26)13-8-4-3-5-9-13/h3-11,24H,2,12H2,1H3,(H,25,26)/p+1/t18-/m1/s1. The van der Waals surface area contributed by atoms with E-state index in [2.05, 4.69) is 4.74 Å². The van der Waals surface area contributed by atoms with Gasteiger partial charge in [-0.15, -0.1) is 0 Å². The van der Waals surface area contributed by atoms with Crippen molar-refractivity contribution in [2.75, 3.05) is 6.61 Å². The third kappa shape index (κ3) is 4.82. The van der Waals surface area contributed by atoms with Gasteiger partial charge >= 0.3 is 17.8 Å². The van der Waals surface area contributed by atoms with E-state index < -0.39 is 23.7 Å². The number of quaternary nitrogens is 1. The molecule has 1 amide bonds. The lowest BCUT2D eigenvalue weighted by Gasteiger charge is -2.31. The van der Waals surface area contributed by atoms with E-state index in [1.807, 2.05) is 5.32 Å². The molecular weight excluding hydrogens is 397 g/mol. The van der Waals surface area contributed by atoms with Gasteiger partial charge in [0, 0.05) is 16.1 Å². The van der Waals surface area contributed by atoms with E-state index in [-0.39, 0.29) is 23.7 Å². The first kappa shape index (κ1) is 21.7. The summed E-state index contributed by atoms with van der Waals surface area (Å²) in [4.78, 5) is 24.8. The lowest BCUT2D eigenvalue weighted by molar-refractivity contribution is -0.757. The summed E-state index contributed by atoms with van der Waals surface area (Å²) in [6, 6.07) is 13.6. The molecule has 2 aromatic rings. The van der Waals surface area contributed by atoms with Gasteiger partial charge in [0.25, 0.3) is 5.91 Å². The van der Waals surface area contributed by atoms with Crippen LogP contribution in [0.25, 0.3) is 0 Å². The molecule has 0 saturated heterocycles. The molecule has 0 saturated carbocycles. The van der Waals surface area contributed by atoms with E-state index in [1.54, 1.807) is 18.2 Å². The number of benzene rings is 2. The molecule has 0 aliphatic heterocycles. The maximum absolute atomic E-state index is 14.0. The van der Waals surface area contributed by atoms with Crippen LogP contribution in [-0.2, 0) is 16.1 Å². The largest absolute Gasteiger partial charge is 0.478 e. The number of rotatable bonds is 7. The summed E-state index contributed by atoms with van der Waals surface area (Å²) in [6.45, 7) is 0.789. The smallest absolute Gasteiger partial charge is 0.460 e. The van der Waals surface area contributed by atoms with Crippen molar-refractivity contribution in [3.05, 3.63) is 70.7 Å². The normalized spacial score (nSPS) is 13.5. The maximum atomic E-state index is 14.0. The number of ether oxygens (including phenoxy) is 1. The molecule has 1 atom stereocenters. The van der Waals surface area contributed by atoms with Crippen LogP contribution < -0.4 is 10.6 Å². The fourth-order valence-corrected chi connectivity index (χ4v) is 2.71. The highest BCUT2D eigenvalue weighted by molar-refractivity contribution is 6.31. The Labute approximate surface area is 164 Å². The van der Waals surface area contributed by atoms with Crippen molar-refractivity contribution in [2.45, 2.75) is 25.3 Å². The van der Waals surface area contributed by atoms with Crippen molar-refractivity contribution in [3.63, 3.8) is 0 Å². The molecule has 0 aliphatic rings. The van der Waals surface area contributed by atoms with Gasteiger partial charge in [0.2, 0.25) is 0 Å². The molecule has 0 fully saturated rings. The van der Waals surface area contributed by atoms with Crippen molar-refractivity contribution in [3.8, 4) is 0 Å². The molecule has 150 valence electrons. The summed E-state index contributed by atoms with van der Waals surface area (Å²) in [5.41, 5.74) is -2.97. The quantitative estimate of drug-likeness (QED) is 0.539. The van der Waals surface area contributed by atoms with Crippen LogP contribution in [0.4, 0.5) is 13.2 Å². The lowest BCUT2D eigenvalue weighted by Crippen LogP contribution is -3.06. The fourth-order valence-electron chi connectivity index (χ4n) is 2.50. The van der Waals surface area contributed by atoms with Gasteiger partial charge in [0.1, 0.15) is 6.54 Å². The highest BCUT2D eigenvalue weighted by Gasteiger charge is 2.67. The molecule has 0 bridgehead atoms. The number of carbonyl (C=O) groups excluding carboxylic acids is 2. The van der Waals surface area contributed by atoms with Crippen molar-refractivity contribution in [1.29, 1.82) is 0 Å². The average molecular weight is 416 g/mol. The first-order valence-corrected chi connectivity index (χ1v) is 8.78. The second-order valence-corrected chi connectivity index (χ2v) is 6.25. The van der Waals surface area contributed by atoms with Crippen LogP contribution in [-0.4, -0.2) is 30.3 Å². The summed E-state index contributed by atoms with van der Waals surface area (Å²) in [5.74, 6) is -2.67. The first-order valence-electron chi connectivity index (χ1n) is 8.40. The topological polar surface area (TPSA) is 72.0 Å². The molecule has 2 aromatic carbocycles. The van der Waals surface area contributed by atoms with Crippen LogP contribution in [0.2, 0.25) is 5.02 Å². The first-order chi connectivity index (χ1) is 13.2. The molecule has 0 aliphatic carbocycles. The second kappa shape index (κ2) is 9.07. The minimum absolute atomic E-state index is 0.0217. The number of hydrogen-bond acceptors (Lipinski definition) is 3. The predicted octanol–water partition coefficient (Wildman–Crippen LogP) is 2.66. The number of nitrogens with one attached hydrogen (secondary N) is 1. The highest BCUT2D eigenvalue weighted by atomic mass is 35.5. The summed E-state index contributed by atoms with van der Waals surface area (Å²) < 4.78 is 46.8. The minimum Gasteiger partial charge on any atom is -0.460 e. The van der Waals surface area contributed by atoms with Gasteiger partial charge in [0.05, 0.1) is 6.61 Å². The summed E-state index contributed by atoms with van der Waals surface area (Å²) in [5, 5.41) is 2.74. The Kier molecular flexibility index (Phi) is 7.04. The molecule has 0 heterocycles. The van der Waals surface area contributed by atoms with E-state index in [1.165, 1.54) is 43.3 Å². The Morgan fingerprint density at radius 3 is 2.25 bits per heavy atom. The highest BCUT2D eigenvalue weighted by Crippen LogP contribution is 2.27. The molecule has 9 heteroatoms. The number of nitrogens with two attached hydrogens (primary N) is 1. The van der Waals surface area contributed by atoms with E-state index in [9.17, 15) is 22.8 Å². The van der Waals surface area contributed by atoms with Crippen LogP contribution in [0.3, 0.4) is 0 Å². The van der Waals surface area contributed by atoms with Crippen LogP contribution in [0.1, 0.15) is 22.8 Å². The Balaban J connectivity index is 2.41. The number of alkyl halides is 3. The lowest BCUT2D eigenvalue weighted by atomic mass is 10.1. The molecule has 28 heavy (non-hydrogen) atoms. The van der Waals surface area contributed by atoms with E-state index in [4.69, 9.17) is 11.6 Å². The van der Waals surface area contributed by atoms with Gasteiger partial charge in [-0.05, 0) is 25.1 Å². The SMILES string of the molecule is CCOC(=O)[C@](NC(=O)c1ccccc1)([NH2+]Cc1ccccc1Cl)C(F)(F)F. The number of halogens is 4. The summed E-state index contributed by atoms with van der Waals surface area (Å²) in [7, 11) is 0. The maximum Gasteiger partial charge on any atom is 0.478 e. The Morgan fingerprint density at radius 1 is 1.07 bits per heavy atom. The van der Waals surface area contributed by atoms with Crippen molar-refractivity contribution < 1.29 is 32.8 Å². The van der Waals surface area contributed by atoms with Crippen LogP contribution in [0.15, 0.2) is 54.6 Å². The van der Waals surface area contributed by atoms with Gasteiger partial charge < -0.3 is 10.1 Å². The molecule has 2 rings (SSSR count). The minimum atomic E-state index is -5.13. The zero-order chi connectivity index (χ0) is 20.8. The van der Waals surface area contributed by atoms with Gasteiger partial charge in [-0.25, -0.2) is 4.79 Å². The molecular formula is C19H19ClF3N2O3+. The molecule has 5 nitrogen and oxygen atoms in total. The molecule has 0 radical (unpaired) electrons. The Morgan fingerprint density at radius 2 is 1.68 bits per heavy atom. The van der Waals surface area contributed by atoms with Crippen molar-refractivity contribution in [2.24, 2.45) is 0 Å². The van der Waals surface area contributed by atoms with Gasteiger partial charge in [0.15, 0.2) is 0 Å².